The van der Waals surface area contributed by atoms with E-state index >= 15 is 0 Å². The maximum atomic E-state index is 13.1. The predicted octanol–water partition coefficient (Wildman–Crippen LogP) is 3.11. The number of carbonyl (C=O) groups is 2. The Morgan fingerprint density at radius 3 is 2.34 bits per heavy atom. The molecule has 0 atom stereocenters. The summed E-state index contributed by atoms with van der Waals surface area (Å²) in [6.45, 7) is 5.15. The number of hydrogen-bond acceptors (Lipinski definition) is 5. The summed E-state index contributed by atoms with van der Waals surface area (Å²) in [5.74, 6) is 0.262. The second kappa shape index (κ2) is 12.0. The molecule has 0 radical (unpaired) electrons. The molecular weight excluding hydrogens is 461 g/mol. The van der Waals surface area contributed by atoms with E-state index in [1.807, 2.05) is 48.0 Å². The van der Waals surface area contributed by atoms with Gasteiger partial charge in [-0.1, -0.05) is 29.8 Å². The number of likely N-dealkylation sites (N-methyl/N-ethyl adjacent to an activating group) is 1. The van der Waals surface area contributed by atoms with E-state index in [1.54, 1.807) is 4.90 Å². The van der Waals surface area contributed by atoms with Crippen molar-refractivity contribution in [2.45, 2.75) is 13.1 Å². The number of amides is 2. The van der Waals surface area contributed by atoms with Crippen molar-refractivity contribution >= 4 is 17.5 Å². The third-order valence-corrected chi connectivity index (χ3v) is 5.77. The molecule has 0 saturated carbocycles. The van der Waals surface area contributed by atoms with E-state index < -0.39 is 17.6 Å². The first-order chi connectivity index (χ1) is 16.6. The number of benzene rings is 2. The lowest BCUT2D eigenvalue weighted by Gasteiger charge is -2.35. The Bertz CT molecular complexity index is 990. The summed E-state index contributed by atoms with van der Waals surface area (Å²) in [5, 5.41) is 2.36. The third kappa shape index (κ3) is 8.25. The Kier molecular flexibility index (Phi) is 9.11. The highest BCUT2D eigenvalue weighted by molar-refractivity contribution is 5.93. The van der Waals surface area contributed by atoms with Crippen molar-refractivity contribution in [3.8, 4) is 5.75 Å². The van der Waals surface area contributed by atoms with Gasteiger partial charge in [0.1, 0.15) is 12.4 Å². The van der Waals surface area contributed by atoms with Gasteiger partial charge in [-0.15, -0.1) is 0 Å². The summed E-state index contributed by atoms with van der Waals surface area (Å²) in [6.07, 6.45) is -4.55. The molecule has 0 aliphatic carbocycles. The van der Waals surface area contributed by atoms with Crippen LogP contribution in [0.3, 0.4) is 0 Å². The van der Waals surface area contributed by atoms with Crippen LogP contribution in [-0.2, 0) is 15.8 Å². The number of piperazine rings is 1. The summed E-state index contributed by atoms with van der Waals surface area (Å²) in [4.78, 5) is 30.4. The van der Waals surface area contributed by atoms with Gasteiger partial charge < -0.3 is 15.0 Å². The maximum Gasteiger partial charge on any atom is 0.418 e. The molecule has 0 spiro atoms. The van der Waals surface area contributed by atoms with Crippen LogP contribution in [0.2, 0.25) is 0 Å². The highest BCUT2D eigenvalue weighted by Crippen LogP contribution is 2.34. The monoisotopic (exact) mass is 492 g/mol. The van der Waals surface area contributed by atoms with Gasteiger partial charge >= 0.3 is 6.18 Å². The first kappa shape index (κ1) is 26.5. The normalized spacial score (nSPS) is 14.7. The fraction of sp³-hybridized carbons (Fsp3) is 0.440. The molecule has 3 rings (SSSR count). The Morgan fingerprint density at radius 2 is 1.69 bits per heavy atom. The lowest BCUT2D eigenvalue weighted by Crippen LogP contribution is -2.52. The summed E-state index contributed by atoms with van der Waals surface area (Å²) < 4.78 is 45.1. The fourth-order valence-electron chi connectivity index (χ4n) is 3.75. The largest absolute Gasteiger partial charge is 0.492 e. The molecule has 1 aliphatic rings. The van der Waals surface area contributed by atoms with Crippen LogP contribution in [0.25, 0.3) is 0 Å². The number of para-hydroxylation sites is 1. The molecule has 10 heteroatoms. The number of halogens is 3. The van der Waals surface area contributed by atoms with E-state index in [2.05, 4.69) is 5.32 Å². The number of rotatable bonds is 9. The molecule has 35 heavy (non-hydrogen) atoms. The molecule has 2 aromatic carbocycles. The number of aryl methyl sites for hydroxylation is 1. The molecule has 7 nitrogen and oxygen atoms in total. The highest BCUT2D eigenvalue weighted by atomic mass is 19.4. The van der Waals surface area contributed by atoms with Crippen molar-refractivity contribution in [2.24, 2.45) is 0 Å². The topological polar surface area (TPSA) is 65.1 Å². The van der Waals surface area contributed by atoms with E-state index in [-0.39, 0.29) is 24.7 Å². The highest BCUT2D eigenvalue weighted by Gasteiger charge is 2.33. The first-order valence-electron chi connectivity index (χ1n) is 11.5. The molecule has 2 aromatic rings. The van der Waals surface area contributed by atoms with Gasteiger partial charge in [-0.25, -0.2) is 0 Å². The van der Waals surface area contributed by atoms with Gasteiger partial charge in [0.05, 0.1) is 24.3 Å². The Morgan fingerprint density at radius 1 is 1.03 bits per heavy atom. The van der Waals surface area contributed by atoms with Crippen molar-refractivity contribution in [1.82, 2.24) is 14.7 Å². The lowest BCUT2D eigenvalue weighted by molar-refractivity contribution is -0.137. The molecule has 0 unspecified atom stereocenters. The minimum atomic E-state index is -4.55. The summed E-state index contributed by atoms with van der Waals surface area (Å²) in [7, 11) is 1.86. The van der Waals surface area contributed by atoms with Gasteiger partial charge in [-0.3, -0.25) is 19.4 Å². The molecule has 0 aromatic heterocycles. The third-order valence-electron chi connectivity index (χ3n) is 5.77. The zero-order valence-electron chi connectivity index (χ0n) is 20.0. The van der Waals surface area contributed by atoms with Crippen LogP contribution in [0.4, 0.5) is 18.9 Å². The number of nitrogens with zero attached hydrogens (tertiary/aromatic N) is 3. The van der Waals surface area contributed by atoms with E-state index in [9.17, 15) is 22.8 Å². The average Bonchev–Trinajstić information content (AvgIpc) is 2.80. The van der Waals surface area contributed by atoms with Crippen molar-refractivity contribution in [2.75, 3.05) is 64.8 Å². The van der Waals surface area contributed by atoms with Gasteiger partial charge in [-0.05, 0) is 38.2 Å². The molecule has 1 heterocycles. The van der Waals surface area contributed by atoms with Crippen LogP contribution in [-0.4, -0.2) is 86.0 Å². The molecule has 190 valence electrons. The molecule has 1 fully saturated rings. The van der Waals surface area contributed by atoms with Crippen molar-refractivity contribution < 1.29 is 27.5 Å². The van der Waals surface area contributed by atoms with Crippen LogP contribution in [0.15, 0.2) is 48.5 Å². The van der Waals surface area contributed by atoms with Gasteiger partial charge in [0.2, 0.25) is 11.8 Å². The summed E-state index contributed by atoms with van der Waals surface area (Å²) in [5.41, 5.74) is 0.0259. The van der Waals surface area contributed by atoms with Crippen LogP contribution < -0.4 is 10.1 Å². The lowest BCUT2D eigenvalue weighted by atomic mass is 10.1. The minimum absolute atomic E-state index is 0.00829. The van der Waals surface area contributed by atoms with Crippen molar-refractivity contribution in [1.29, 1.82) is 0 Å². The average molecular weight is 493 g/mol. The summed E-state index contributed by atoms with van der Waals surface area (Å²) >= 11 is 0. The quantitative estimate of drug-likeness (QED) is 0.583. The number of hydrogen-bond donors (Lipinski definition) is 1. The second-order valence-electron chi connectivity index (χ2n) is 8.65. The molecule has 1 N–H and O–H groups in total. The maximum absolute atomic E-state index is 13.1. The summed E-state index contributed by atoms with van der Waals surface area (Å²) in [6, 6.07) is 12.7. The SMILES string of the molecule is Cc1ccc(OCCN(C)CC(=O)N2CCN(CC(=O)Nc3ccccc3C(F)(F)F)CC2)cc1. The second-order valence-corrected chi connectivity index (χ2v) is 8.65. The van der Waals surface area contributed by atoms with E-state index in [0.717, 1.165) is 17.4 Å². The van der Waals surface area contributed by atoms with Crippen LogP contribution in [0, 0.1) is 6.92 Å². The number of anilines is 1. The van der Waals surface area contributed by atoms with Crippen molar-refractivity contribution in [3.05, 3.63) is 59.7 Å². The zero-order valence-corrected chi connectivity index (χ0v) is 20.0. The van der Waals surface area contributed by atoms with Crippen LogP contribution in [0.5, 0.6) is 5.75 Å². The standard InChI is InChI=1S/C25H31F3N4O3/c1-19-7-9-20(10-8-19)35-16-15-30(2)18-24(34)32-13-11-31(12-14-32)17-23(33)29-22-6-4-3-5-21(22)25(26,27)28/h3-10H,11-18H2,1-2H3,(H,29,33). The van der Waals surface area contributed by atoms with Crippen LogP contribution in [0.1, 0.15) is 11.1 Å². The Balaban J connectivity index is 1.37. The number of nitrogens with one attached hydrogen (secondary N) is 1. The van der Waals surface area contributed by atoms with Gasteiger partial charge in [0.25, 0.3) is 0 Å². The van der Waals surface area contributed by atoms with Gasteiger partial charge in [0, 0.05) is 32.7 Å². The van der Waals surface area contributed by atoms with E-state index in [1.165, 1.54) is 18.2 Å². The van der Waals surface area contributed by atoms with E-state index in [4.69, 9.17) is 4.74 Å². The van der Waals surface area contributed by atoms with Gasteiger partial charge in [0.15, 0.2) is 0 Å². The first-order valence-corrected chi connectivity index (χ1v) is 11.5. The number of ether oxygens (including phenoxy) is 1. The van der Waals surface area contributed by atoms with Crippen LogP contribution >= 0.6 is 0 Å². The number of alkyl halides is 3. The predicted molar refractivity (Wildman–Crippen MR) is 127 cm³/mol. The molecule has 2 amide bonds. The molecule has 1 aliphatic heterocycles. The fourth-order valence-corrected chi connectivity index (χ4v) is 3.75. The zero-order chi connectivity index (χ0) is 25.4. The Hall–Kier alpha value is -3.11. The van der Waals surface area contributed by atoms with Crippen molar-refractivity contribution in [3.63, 3.8) is 0 Å². The van der Waals surface area contributed by atoms with Gasteiger partial charge in [-0.2, -0.15) is 13.2 Å². The molecular formula is C25H31F3N4O3. The molecule has 0 bridgehead atoms. The number of carbonyl (C=O) groups excluding carboxylic acids is 2. The van der Waals surface area contributed by atoms with E-state index in [0.29, 0.717) is 39.3 Å². The smallest absolute Gasteiger partial charge is 0.418 e. The minimum Gasteiger partial charge on any atom is -0.492 e. The molecule has 1 saturated heterocycles. The Labute approximate surface area is 203 Å².